The molecule has 0 atom stereocenters. The first kappa shape index (κ1) is 18.3. The van der Waals surface area contributed by atoms with Crippen LogP contribution in [0.5, 0.6) is 0 Å². The zero-order valence-electron chi connectivity index (χ0n) is 14.5. The van der Waals surface area contributed by atoms with Crippen LogP contribution in [0.2, 0.25) is 0 Å². The molecule has 1 aromatic carbocycles. The summed E-state index contributed by atoms with van der Waals surface area (Å²) in [6.07, 6.45) is 4.70. The van der Waals surface area contributed by atoms with Crippen LogP contribution in [0, 0.1) is 0 Å². The smallest absolute Gasteiger partial charge is 0.254 e. The highest BCUT2D eigenvalue weighted by Crippen LogP contribution is 2.21. The molecule has 2 aromatic rings. The summed E-state index contributed by atoms with van der Waals surface area (Å²) in [4.78, 5) is 20.4. The number of aromatic nitrogens is 2. The van der Waals surface area contributed by atoms with Crippen LogP contribution in [-0.2, 0) is 16.6 Å². The molecule has 0 aliphatic carbocycles. The van der Waals surface area contributed by atoms with Crippen molar-refractivity contribution in [2.24, 2.45) is 0 Å². The Kier molecular flexibility index (Phi) is 5.48. The monoisotopic (exact) mass is 375 g/mol. The quantitative estimate of drug-likeness (QED) is 0.787. The van der Waals surface area contributed by atoms with Crippen molar-refractivity contribution >= 4 is 21.9 Å². The molecule has 26 heavy (non-hydrogen) atoms. The minimum absolute atomic E-state index is 0.283. The van der Waals surface area contributed by atoms with Crippen LogP contribution in [0.4, 0.5) is 5.95 Å². The van der Waals surface area contributed by atoms with Crippen LogP contribution >= 0.6 is 0 Å². The van der Waals surface area contributed by atoms with Gasteiger partial charge in [-0.25, -0.2) is 18.4 Å². The van der Waals surface area contributed by atoms with Gasteiger partial charge in [0.25, 0.3) is 5.91 Å². The molecule has 1 fully saturated rings. The van der Waals surface area contributed by atoms with Gasteiger partial charge in [0.15, 0.2) is 0 Å². The summed E-state index contributed by atoms with van der Waals surface area (Å²) in [6, 6.07) is 6.59. The maximum Gasteiger partial charge on any atom is 0.254 e. The van der Waals surface area contributed by atoms with E-state index >= 15 is 0 Å². The summed E-state index contributed by atoms with van der Waals surface area (Å²) in [5.74, 6) is 0.151. The molecule has 1 aromatic heterocycles. The molecule has 1 aliphatic heterocycles. The molecule has 0 spiro atoms. The van der Waals surface area contributed by atoms with Crippen molar-refractivity contribution in [3.8, 4) is 0 Å². The molecule has 0 saturated carbocycles. The van der Waals surface area contributed by atoms with E-state index in [9.17, 15) is 13.2 Å². The highest BCUT2D eigenvalue weighted by Gasteiger charge is 2.26. The van der Waals surface area contributed by atoms with E-state index in [0.717, 1.165) is 18.4 Å². The molecule has 0 unspecified atom stereocenters. The summed E-state index contributed by atoms with van der Waals surface area (Å²) in [5.41, 5.74) is 1.17. The Morgan fingerprint density at radius 1 is 1.12 bits per heavy atom. The van der Waals surface area contributed by atoms with Gasteiger partial charge < -0.3 is 10.6 Å². The van der Waals surface area contributed by atoms with Gasteiger partial charge in [-0.1, -0.05) is 12.1 Å². The van der Waals surface area contributed by atoms with Crippen LogP contribution < -0.4 is 10.6 Å². The van der Waals surface area contributed by atoms with Crippen molar-refractivity contribution in [1.29, 1.82) is 0 Å². The molecule has 1 saturated heterocycles. The number of nitrogens with zero attached hydrogens (tertiary/aromatic N) is 3. The molecule has 9 heteroatoms. The van der Waals surface area contributed by atoms with E-state index in [1.165, 1.54) is 16.7 Å². The van der Waals surface area contributed by atoms with E-state index in [-0.39, 0.29) is 17.3 Å². The molecule has 1 amide bonds. The van der Waals surface area contributed by atoms with Gasteiger partial charge in [-0.05, 0) is 30.5 Å². The summed E-state index contributed by atoms with van der Waals surface area (Å²) >= 11 is 0. The van der Waals surface area contributed by atoms with Gasteiger partial charge in [0.1, 0.15) is 0 Å². The average molecular weight is 375 g/mol. The summed E-state index contributed by atoms with van der Waals surface area (Å²) in [7, 11) is -1.72. The van der Waals surface area contributed by atoms with Crippen molar-refractivity contribution in [3.05, 3.63) is 47.8 Å². The number of benzene rings is 1. The molecule has 0 radical (unpaired) electrons. The highest BCUT2D eigenvalue weighted by molar-refractivity contribution is 7.89. The first-order valence-electron chi connectivity index (χ1n) is 8.38. The van der Waals surface area contributed by atoms with Crippen LogP contribution in [0.1, 0.15) is 28.8 Å². The second-order valence-electron chi connectivity index (χ2n) is 5.98. The van der Waals surface area contributed by atoms with Crippen molar-refractivity contribution < 1.29 is 13.2 Å². The number of sulfonamides is 1. The number of nitrogens with one attached hydrogen (secondary N) is 2. The molecular weight excluding hydrogens is 354 g/mol. The first-order chi connectivity index (χ1) is 12.5. The van der Waals surface area contributed by atoms with E-state index in [2.05, 4.69) is 20.6 Å². The number of amides is 1. The van der Waals surface area contributed by atoms with Gasteiger partial charge in [-0.2, -0.15) is 4.31 Å². The van der Waals surface area contributed by atoms with Crippen molar-refractivity contribution in [3.63, 3.8) is 0 Å². The summed E-state index contributed by atoms with van der Waals surface area (Å²) in [6.45, 7) is 1.44. The van der Waals surface area contributed by atoms with Crippen molar-refractivity contribution in [2.45, 2.75) is 24.3 Å². The minimum Gasteiger partial charge on any atom is -0.357 e. The third-order valence-corrected chi connectivity index (χ3v) is 6.13. The molecule has 1 aliphatic rings. The van der Waals surface area contributed by atoms with Gasteiger partial charge in [-0.3, -0.25) is 4.79 Å². The number of hydrogen-bond acceptors (Lipinski definition) is 6. The molecule has 3 rings (SSSR count). The largest absolute Gasteiger partial charge is 0.357 e. The summed E-state index contributed by atoms with van der Waals surface area (Å²) in [5, 5.41) is 5.55. The van der Waals surface area contributed by atoms with Gasteiger partial charge in [-0.15, -0.1) is 0 Å². The average Bonchev–Trinajstić information content (AvgIpc) is 3.22. The lowest BCUT2D eigenvalue weighted by molar-refractivity contribution is 0.0950. The van der Waals surface area contributed by atoms with Crippen LogP contribution in [0.3, 0.4) is 0 Å². The molecule has 0 bridgehead atoms. The topological polar surface area (TPSA) is 104 Å². The Balaban J connectivity index is 1.61. The van der Waals surface area contributed by atoms with Gasteiger partial charge in [0.05, 0.1) is 10.5 Å². The van der Waals surface area contributed by atoms with E-state index in [0.29, 0.717) is 24.6 Å². The van der Waals surface area contributed by atoms with Crippen molar-refractivity contribution in [2.75, 3.05) is 25.5 Å². The Morgan fingerprint density at radius 3 is 2.31 bits per heavy atom. The lowest BCUT2D eigenvalue weighted by Gasteiger charge is -2.15. The molecular formula is C17H21N5O3S. The first-order valence-corrected chi connectivity index (χ1v) is 9.82. The van der Waals surface area contributed by atoms with Crippen LogP contribution in [-0.4, -0.2) is 48.7 Å². The number of rotatable bonds is 6. The Hall–Kier alpha value is -2.52. The van der Waals surface area contributed by atoms with E-state index in [1.54, 1.807) is 31.3 Å². The standard InChI is InChI=1S/C17H21N5O3S/c1-18-17-20-11-14(12-21-17)16(23)19-10-13-4-6-15(7-5-13)26(24,25)22-8-2-3-9-22/h4-7,11-12H,2-3,8-10H2,1H3,(H,19,23)(H,18,20,21). The van der Waals surface area contributed by atoms with E-state index < -0.39 is 10.0 Å². The van der Waals surface area contributed by atoms with Gasteiger partial charge in [0.2, 0.25) is 16.0 Å². The van der Waals surface area contributed by atoms with Crippen molar-refractivity contribution in [1.82, 2.24) is 19.6 Å². The molecule has 2 heterocycles. The predicted molar refractivity (Wildman–Crippen MR) is 97.2 cm³/mol. The van der Waals surface area contributed by atoms with Gasteiger partial charge in [0, 0.05) is 39.1 Å². The fraction of sp³-hybridized carbons (Fsp3) is 0.353. The highest BCUT2D eigenvalue weighted by atomic mass is 32.2. The normalized spacial score (nSPS) is 15.0. The van der Waals surface area contributed by atoms with Crippen LogP contribution in [0.15, 0.2) is 41.6 Å². The number of carbonyl (C=O) groups excluding carboxylic acids is 1. The number of anilines is 1. The number of carbonyl (C=O) groups is 1. The van der Waals surface area contributed by atoms with E-state index in [4.69, 9.17) is 0 Å². The van der Waals surface area contributed by atoms with Gasteiger partial charge >= 0.3 is 0 Å². The number of hydrogen-bond donors (Lipinski definition) is 2. The Morgan fingerprint density at radius 2 is 1.73 bits per heavy atom. The zero-order chi connectivity index (χ0) is 18.6. The maximum atomic E-state index is 12.5. The second-order valence-corrected chi connectivity index (χ2v) is 7.92. The molecule has 8 nitrogen and oxygen atoms in total. The summed E-state index contributed by atoms with van der Waals surface area (Å²) < 4.78 is 26.5. The predicted octanol–water partition coefficient (Wildman–Crippen LogP) is 1.23. The second kappa shape index (κ2) is 7.79. The van der Waals surface area contributed by atoms with E-state index in [1.807, 2.05) is 0 Å². The SMILES string of the molecule is CNc1ncc(C(=O)NCc2ccc(S(=O)(=O)N3CCCC3)cc2)cn1. The lowest BCUT2D eigenvalue weighted by atomic mass is 10.2. The molecule has 2 N–H and O–H groups in total. The fourth-order valence-corrected chi connectivity index (χ4v) is 4.23. The third kappa shape index (κ3) is 4.00. The third-order valence-electron chi connectivity index (χ3n) is 4.22. The maximum absolute atomic E-state index is 12.5. The Bertz CT molecular complexity index is 860. The lowest BCUT2D eigenvalue weighted by Crippen LogP contribution is -2.28. The zero-order valence-corrected chi connectivity index (χ0v) is 15.3. The van der Waals surface area contributed by atoms with Crippen LogP contribution in [0.25, 0.3) is 0 Å². The fourth-order valence-electron chi connectivity index (χ4n) is 2.72. The minimum atomic E-state index is -3.41. The molecule has 138 valence electrons. The Labute approximate surface area is 152 Å².